The summed E-state index contributed by atoms with van der Waals surface area (Å²) in [5.41, 5.74) is 17.3. The maximum Gasteiger partial charge on any atom is 0.0541 e. The van der Waals surface area contributed by atoms with Gasteiger partial charge in [0.1, 0.15) is 0 Å². The third kappa shape index (κ3) is 6.18. The summed E-state index contributed by atoms with van der Waals surface area (Å²) in [6.07, 6.45) is 22.5. The third-order valence-corrected chi connectivity index (χ3v) is 11.8. The number of para-hydroxylation sites is 1. The molecule has 0 saturated carbocycles. The summed E-state index contributed by atoms with van der Waals surface area (Å²) < 4.78 is 2.43. The van der Waals surface area contributed by atoms with Crippen molar-refractivity contribution < 1.29 is 0 Å². The van der Waals surface area contributed by atoms with E-state index in [1.807, 2.05) is 12.2 Å². The van der Waals surface area contributed by atoms with E-state index in [1.54, 1.807) is 0 Å². The van der Waals surface area contributed by atoms with Crippen molar-refractivity contribution in [2.45, 2.75) is 44.4 Å². The van der Waals surface area contributed by atoms with E-state index in [1.165, 1.54) is 72.0 Å². The molecule has 6 aromatic rings. The van der Waals surface area contributed by atoms with Gasteiger partial charge >= 0.3 is 0 Å². The minimum Gasteiger partial charge on any atom is -0.355 e. The SMILES string of the molecule is C=C/C=C\C(=C)C1=C(Nc2ccc3c(c2)-c2ccccc2C3(C)C)C=CC(c2ccc3c(c2)c2ccccc2n3C2=CCC=C(c3ccccc3)C=C2)CC1. The summed E-state index contributed by atoms with van der Waals surface area (Å²) in [6.45, 7) is 13.1. The van der Waals surface area contributed by atoms with E-state index in [-0.39, 0.29) is 11.3 Å². The number of nitrogens with one attached hydrogen (secondary N) is 1. The van der Waals surface area contributed by atoms with Crippen LogP contribution >= 0.6 is 0 Å². The predicted molar refractivity (Wildman–Crippen MR) is 236 cm³/mol. The quantitative estimate of drug-likeness (QED) is 0.156. The van der Waals surface area contributed by atoms with Crippen LogP contribution in [0.1, 0.15) is 61.3 Å². The standard InChI is InChI=1S/C53H46N2/c1-5-6-15-36(2)43-30-25-39(26-32-50(43)54-41-28-31-49-46(35-41)44-20-10-12-22-48(44)53(49,3)4)40-27-33-52-47(34-40)45-21-11-13-23-51(45)55(52)42-19-14-18-38(24-29-42)37-16-8-7-9-17-37/h5-13,15-24,26-29,31-35,39,54H,1-2,14,25,30H2,3-4H3/b15-6-. The van der Waals surface area contributed by atoms with Gasteiger partial charge in [0, 0.05) is 39.2 Å². The minimum absolute atomic E-state index is 0.0199. The van der Waals surface area contributed by atoms with Gasteiger partial charge in [-0.1, -0.05) is 154 Å². The molecule has 0 aliphatic heterocycles. The summed E-state index contributed by atoms with van der Waals surface area (Å²) in [6, 6.07) is 42.3. The zero-order valence-corrected chi connectivity index (χ0v) is 31.7. The summed E-state index contributed by atoms with van der Waals surface area (Å²) in [5, 5.41) is 6.41. The highest BCUT2D eigenvalue weighted by Gasteiger charge is 2.35. The molecule has 9 rings (SSSR count). The van der Waals surface area contributed by atoms with Gasteiger partial charge in [-0.3, -0.25) is 0 Å². The average molecular weight is 711 g/mol. The zero-order chi connectivity index (χ0) is 37.5. The fraction of sp³-hybridized carbons (Fsp3) is 0.132. The van der Waals surface area contributed by atoms with Crippen LogP contribution in [-0.4, -0.2) is 4.57 Å². The van der Waals surface area contributed by atoms with Gasteiger partial charge in [-0.25, -0.2) is 0 Å². The minimum atomic E-state index is -0.0199. The molecule has 0 spiro atoms. The number of fused-ring (bicyclic) bond motifs is 6. The average Bonchev–Trinajstić information content (AvgIpc) is 3.39. The number of hydrogen-bond acceptors (Lipinski definition) is 1. The Kier molecular flexibility index (Phi) is 8.83. The summed E-state index contributed by atoms with van der Waals surface area (Å²) in [4.78, 5) is 0. The first-order valence-electron chi connectivity index (χ1n) is 19.5. The lowest BCUT2D eigenvalue weighted by atomic mass is 9.82. The lowest BCUT2D eigenvalue weighted by molar-refractivity contribution is 0.660. The van der Waals surface area contributed by atoms with Crippen LogP contribution < -0.4 is 5.32 Å². The highest BCUT2D eigenvalue weighted by atomic mass is 15.0. The topological polar surface area (TPSA) is 17.0 Å². The molecule has 1 N–H and O–H groups in total. The Morgan fingerprint density at radius 1 is 0.764 bits per heavy atom. The van der Waals surface area contributed by atoms with Crippen LogP contribution in [-0.2, 0) is 5.41 Å². The van der Waals surface area contributed by atoms with Crippen LogP contribution in [0.2, 0.25) is 0 Å². The molecule has 5 aromatic carbocycles. The van der Waals surface area contributed by atoms with E-state index < -0.39 is 0 Å². The molecule has 0 saturated heterocycles. The molecule has 55 heavy (non-hydrogen) atoms. The van der Waals surface area contributed by atoms with E-state index in [2.05, 4.69) is 195 Å². The van der Waals surface area contributed by atoms with Crippen molar-refractivity contribution in [3.63, 3.8) is 0 Å². The van der Waals surface area contributed by atoms with Crippen LogP contribution in [0, 0.1) is 0 Å². The third-order valence-electron chi connectivity index (χ3n) is 11.8. The second kappa shape index (κ2) is 14.1. The summed E-state index contributed by atoms with van der Waals surface area (Å²) >= 11 is 0. The molecule has 268 valence electrons. The maximum atomic E-state index is 4.52. The van der Waals surface area contributed by atoms with Gasteiger partial charge in [0.05, 0.1) is 11.0 Å². The summed E-state index contributed by atoms with van der Waals surface area (Å²) in [5.74, 6) is 0.249. The van der Waals surface area contributed by atoms with E-state index in [4.69, 9.17) is 0 Å². The highest BCUT2D eigenvalue weighted by molar-refractivity contribution is 6.10. The molecule has 2 heteroatoms. The van der Waals surface area contributed by atoms with Crippen molar-refractivity contribution in [1.29, 1.82) is 0 Å². The number of hydrogen-bond donors (Lipinski definition) is 1. The first-order chi connectivity index (χ1) is 26.9. The van der Waals surface area contributed by atoms with Gasteiger partial charge < -0.3 is 9.88 Å². The smallest absolute Gasteiger partial charge is 0.0541 e. The Morgan fingerprint density at radius 2 is 1.55 bits per heavy atom. The molecule has 3 aliphatic rings. The lowest BCUT2D eigenvalue weighted by Crippen LogP contribution is -2.14. The van der Waals surface area contributed by atoms with Crippen molar-refractivity contribution in [2.75, 3.05) is 5.32 Å². The molecular weight excluding hydrogens is 665 g/mol. The molecule has 1 unspecified atom stereocenters. The van der Waals surface area contributed by atoms with Gasteiger partial charge in [0.2, 0.25) is 0 Å². The number of anilines is 1. The first kappa shape index (κ1) is 34.4. The second-order valence-electron chi connectivity index (χ2n) is 15.4. The van der Waals surface area contributed by atoms with Gasteiger partial charge in [-0.2, -0.15) is 0 Å². The molecule has 0 radical (unpaired) electrons. The Labute approximate surface area is 325 Å². The Morgan fingerprint density at radius 3 is 2.42 bits per heavy atom. The zero-order valence-electron chi connectivity index (χ0n) is 31.7. The number of allylic oxidation sites excluding steroid dienone is 13. The highest BCUT2D eigenvalue weighted by Crippen LogP contribution is 2.49. The maximum absolute atomic E-state index is 4.52. The molecule has 1 aromatic heterocycles. The molecule has 0 amide bonds. The largest absolute Gasteiger partial charge is 0.355 e. The van der Waals surface area contributed by atoms with Gasteiger partial charge in [-0.05, 0) is 112 Å². The summed E-state index contributed by atoms with van der Waals surface area (Å²) in [7, 11) is 0. The van der Waals surface area contributed by atoms with Crippen LogP contribution in [0.4, 0.5) is 5.69 Å². The van der Waals surface area contributed by atoms with Crippen LogP contribution in [0.3, 0.4) is 0 Å². The molecular formula is C53H46N2. The van der Waals surface area contributed by atoms with Crippen molar-refractivity contribution in [3.8, 4) is 11.1 Å². The molecule has 3 aliphatic carbocycles. The monoisotopic (exact) mass is 710 g/mol. The van der Waals surface area contributed by atoms with Crippen LogP contribution in [0.25, 0.3) is 44.2 Å². The number of rotatable bonds is 8. The Balaban J connectivity index is 1.05. The second-order valence-corrected chi connectivity index (χ2v) is 15.4. The first-order valence-corrected chi connectivity index (χ1v) is 19.5. The normalized spacial score (nSPS) is 17.5. The fourth-order valence-electron chi connectivity index (χ4n) is 8.94. The van der Waals surface area contributed by atoms with E-state index in [0.717, 1.165) is 36.2 Å². The predicted octanol–water partition coefficient (Wildman–Crippen LogP) is 14.1. The number of aromatic nitrogens is 1. The molecule has 1 atom stereocenters. The number of benzene rings is 5. The number of nitrogens with zero attached hydrogens (tertiary/aromatic N) is 1. The van der Waals surface area contributed by atoms with Crippen molar-refractivity contribution in [2.24, 2.45) is 0 Å². The Hall–Kier alpha value is -6.38. The lowest BCUT2D eigenvalue weighted by Gasteiger charge is -2.21. The van der Waals surface area contributed by atoms with Crippen molar-refractivity contribution in [3.05, 3.63) is 222 Å². The molecule has 2 nitrogen and oxygen atoms in total. The van der Waals surface area contributed by atoms with E-state index in [0.29, 0.717) is 0 Å². The van der Waals surface area contributed by atoms with Crippen LogP contribution in [0.5, 0.6) is 0 Å². The van der Waals surface area contributed by atoms with Crippen molar-refractivity contribution >= 4 is 38.8 Å². The van der Waals surface area contributed by atoms with E-state index in [9.17, 15) is 0 Å². The fourth-order valence-corrected chi connectivity index (χ4v) is 8.94. The van der Waals surface area contributed by atoms with Crippen LogP contribution in [0.15, 0.2) is 200 Å². The van der Waals surface area contributed by atoms with Gasteiger partial charge in [0.25, 0.3) is 0 Å². The van der Waals surface area contributed by atoms with Crippen molar-refractivity contribution in [1.82, 2.24) is 4.57 Å². The molecule has 0 fully saturated rings. The van der Waals surface area contributed by atoms with E-state index >= 15 is 0 Å². The molecule has 0 bridgehead atoms. The molecule has 1 heterocycles. The Bertz CT molecular complexity index is 2700. The van der Waals surface area contributed by atoms with Gasteiger partial charge in [0.15, 0.2) is 0 Å². The van der Waals surface area contributed by atoms with Gasteiger partial charge in [-0.15, -0.1) is 0 Å².